The van der Waals surface area contributed by atoms with Gasteiger partial charge in [-0.3, -0.25) is 4.79 Å². The fourth-order valence-electron chi connectivity index (χ4n) is 2.46. The summed E-state index contributed by atoms with van der Waals surface area (Å²) in [4.78, 5) is 11.2. The van der Waals surface area contributed by atoms with Crippen LogP contribution in [0.1, 0.15) is 54.4 Å². The molecule has 0 aromatic heterocycles. The first-order chi connectivity index (χ1) is 9.12. The van der Waals surface area contributed by atoms with E-state index in [1.807, 2.05) is 6.92 Å². The van der Waals surface area contributed by atoms with Gasteiger partial charge in [-0.15, -0.1) is 0 Å². The summed E-state index contributed by atoms with van der Waals surface area (Å²) in [5, 5.41) is 2.89. The number of amides is 1. The molecule has 4 nitrogen and oxygen atoms in total. The first-order valence-electron chi connectivity index (χ1n) is 7.16. The van der Waals surface area contributed by atoms with E-state index in [0.29, 0.717) is 0 Å². The van der Waals surface area contributed by atoms with Gasteiger partial charge >= 0.3 is 7.12 Å². The molecular formula is C15H24BNO3. The molecule has 1 fully saturated rings. The highest BCUT2D eigenvalue weighted by molar-refractivity contribution is 6.54. The van der Waals surface area contributed by atoms with E-state index in [4.69, 9.17) is 9.31 Å². The van der Waals surface area contributed by atoms with Crippen LogP contribution in [0.3, 0.4) is 0 Å². The molecule has 1 amide bonds. The zero-order chi connectivity index (χ0) is 15.1. The van der Waals surface area contributed by atoms with Gasteiger partial charge in [0.25, 0.3) is 0 Å². The molecule has 2 rings (SSSR count). The average molecular weight is 277 g/mol. The van der Waals surface area contributed by atoms with Gasteiger partial charge in [0.1, 0.15) is 0 Å². The van der Waals surface area contributed by atoms with Crippen LogP contribution >= 0.6 is 0 Å². The fourth-order valence-corrected chi connectivity index (χ4v) is 2.46. The van der Waals surface area contributed by atoms with Gasteiger partial charge in [0, 0.05) is 12.6 Å². The Kier molecular flexibility index (Phi) is 3.86. The molecule has 0 radical (unpaired) electrons. The van der Waals surface area contributed by atoms with E-state index in [9.17, 15) is 4.79 Å². The molecule has 5 heteroatoms. The van der Waals surface area contributed by atoms with E-state index in [-0.39, 0.29) is 24.2 Å². The minimum absolute atomic E-state index is 0.0215. The highest BCUT2D eigenvalue weighted by Crippen LogP contribution is 2.40. The molecule has 1 saturated heterocycles. The van der Waals surface area contributed by atoms with Gasteiger partial charge in [-0.1, -0.05) is 6.08 Å². The van der Waals surface area contributed by atoms with Crippen molar-refractivity contribution in [2.45, 2.75) is 65.6 Å². The molecule has 110 valence electrons. The monoisotopic (exact) mass is 277 g/mol. The highest BCUT2D eigenvalue weighted by atomic mass is 16.7. The number of hydrogen-bond donors (Lipinski definition) is 1. The zero-order valence-electron chi connectivity index (χ0n) is 13.3. The molecule has 0 spiro atoms. The van der Waals surface area contributed by atoms with Gasteiger partial charge < -0.3 is 14.6 Å². The summed E-state index contributed by atoms with van der Waals surface area (Å²) in [6.07, 6.45) is 3.75. The number of allylic oxidation sites excluding steroid dienone is 4. The molecule has 1 heterocycles. The summed E-state index contributed by atoms with van der Waals surface area (Å²) < 4.78 is 12.1. The van der Waals surface area contributed by atoms with Gasteiger partial charge in [-0.05, 0) is 58.5 Å². The smallest absolute Gasteiger partial charge is 0.400 e. The second-order valence-electron chi connectivity index (χ2n) is 6.65. The predicted octanol–water partition coefficient (Wildman–Crippen LogP) is 2.75. The van der Waals surface area contributed by atoms with Crippen LogP contribution in [-0.2, 0) is 14.1 Å². The van der Waals surface area contributed by atoms with E-state index in [0.717, 1.165) is 29.6 Å². The molecule has 20 heavy (non-hydrogen) atoms. The summed E-state index contributed by atoms with van der Waals surface area (Å²) in [6, 6.07) is 0. The quantitative estimate of drug-likeness (QED) is 0.789. The Balaban J connectivity index is 2.17. The minimum Gasteiger partial charge on any atom is -0.400 e. The van der Waals surface area contributed by atoms with E-state index in [1.54, 1.807) is 0 Å². The van der Waals surface area contributed by atoms with Gasteiger partial charge in [-0.25, -0.2) is 0 Å². The van der Waals surface area contributed by atoms with Gasteiger partial charge in [0.2, 0.25) is 5.91 Å². The van der Waals surface area contributed by atoms with E-state index < -0.39 is 0 Å². The van der Waals surface area contributed by atoms with Crippen molar-refractivity contribution in [2.24, 2.45) is 0 Å². The lowest BCUT2D eigenvalue weighted by Gasteiger charge is -2.32. The van der Waals surface area contributed by atoms with Crippen molar-refractivity contribution >= 4 is 13.0 Å². The van der Waals surface area contributed by atoms with Crippen LogP contribution in [0.5, 0.6) is 0 Å². The van der Waals surface area contributed by atoms with Gasteiger partial charge in [0.05, 0.1) is 11.2 Å². The summed E-state index contributed by atoms with van der Waals surface area (Å²) in [6.45, 7) is 11.8. The van der Waals surface area contributed by atoms with Crippen molar-refractivity contribution in [1.29, 1.82) is 0 Å². The lowest BCUT2D eigenvalue weighted by molar-refractivity contribution is -0.118. The number of nitrogens with one attached hydrogen (secondary N) is 1. The van der Waals surface area contributed by atoms with Crippen molar-refractivity contribution in [1.82, 2.24) is 5.32 Å². The van der Waals surface area contributed by atoms with Gasteiger partial charge in [0.15, 0.2) is 0 Å². The molecule has 1 aliphatic heterocycles. The molecule has 0 bridgehead atoms. The van der Waals surface area contributed by atoms with Crippen LogP contribution in [0.15, 0.2) is 22.8 Å². The van der Waals surface area contributed by atoms with Crippen molar-refractivity contribution in [3.05, 3.63) is 22.8 Å². The largest absolute Gasteiger partial charge is 0.490 e. The molecule has 1 N–H and O–H groups in total. The summed E-state index contributed by atoms with van der Waals surface area (Å²) in [5.41, 5.74) is 2.60. The fraction of sp³-hybridized carbons (Fsp3) is 0.667. The maximum Gasteiger partial charge on any atom is 0.490 e. The Morgan fingerprint density at radius 1 is 1.20 bits per heavy atom. The summed E-state index contributed by atoms with van der Waals surface area (Å²) >= 11 is 0. The molecule has 0 aromatic carbocycles. The molecule has 0 saturated carbocycles. The third-order valence-electron chi connectivity index (χ3n) is 4.42. The van der Waals surface area contributed by atoms with Crippen molar-refractivity contribution in [3.8, 4) is 0 Å². The second-order valence-corrected chi connectivity index (χ2v) is 6.65. The topological polar surface area (TPSA) is 47.6 Å². The Labute approximate surface area is 121 Å². The second kappa shape index (κ2) is 5.04. The number of carbonyl (C=O) groups excluding carboxylic acids is 1. The van der Waals surface area contributed by atoms with E-state index >= 15 is 0 Å². The third kappa shape index (κ3) is 2.84. The maximum atomic E-state index is 11.2. The van der Waals surface area contributed by atoms with Crippen LogP contribution < -0.4 is 5.32 Å². The normalized spacial score (nSPS) is 24.7. The number of carbonyl (C=O) groups is 1. The van der Waals surface area contributed by atoms with Crippen LogP contribution in [0.2, 0.25) is 0 Å². The Bertz CT molecular complexity index is 475. The SMILES string of the molecule is CC(=O)NC1=C(C)C=C(B2OC(C)(C)C(C)(C)O2)CC1. The van der Waals surface area contributed by atoms with Crippen LogP contribution in [0.4, 0.5) is 0 Å². The Morgan fingerprint density at radius 2 is 1.75 bits per heavy atom. The third-order valence-corrected chi connectivity index (χ3v) is 4.42. The average Bonchev–Trinajstić information content (AvgIpc) is 2.50. The first-order valence-corrected chi connectivity index (χ1v) is 7.16. The molecular weight excluding hydrogens is 253 g/mol. The highest BCUT2D eigenvalue weighted by Gasteiger charge is 2.52. The summed E-state index contributed by atoms with van der Waals surface area (Å²) in [5.74, 6) is -0.0215. The molecule has 1 aliphatic carbocycles. The van der Waals surface area contributed by atoms with Crippen LogP contribution in [0, 0.1) is 0 Å². The minimum atomic E-state index is -0.311. The maximum absolute atomic E-state index is 11.2. The van der Waals surface area contributed by atoms with E-state index in [1.165, 1.54) is 6.92 Å². The predicted molar refractivity (Wildman–Crippen MR) is 79.9 cm³/mol. The van der Waals surface area contributed by atoms with Crippen LogP contribution in [0.25, 0.3) is 0 Å². The van der Waals surface area contributed by atoms with E-state index in [2.05, 4.69) is 39.1 Å². The van der Waals surface area contributed by atoms with Crippen molar-refractivity contribution in [3.63, 3.8) is 0 Å². The molecule has 2 aliphatic rings. The van der Waals surface area contributed by atoms with Crippen molar-refractivity contribution in [2.75, 3.05) is 0 Å². The van der Waals surface area contributed by atoms with Gasteiger partial charge in [-0.2, -0.15) is 0 Å². The first kappa shape index (κ1) is 15.3. The molecule has 0 unspecified atom stereocenters. The molecule has 0 aromatic rings. The Hall–Kier alpha value is -1.07. The van der Waals surface area contributed by atoms with Crippen LogP contribution in [-0.4, -0.2) is 24.2 Å². The number of rotatable bonds is 2. The molecule has 0 atom stereocenters. The standard InChI is InChI=1S/C15H24BNO3/c1-10-9-12(7-8-13(10)17-11(2)18)16-19-14(3,4)15(5,6)20-16/h9H,7-8H2,1-6H3,(H,17,18). The Morgan fingerprint density at radius 3 is 2.20 bits per heavy atom. The number of hydrogen-bond acceptors (Lipinski definition) is 3. The lowest BCUT2D eigenvalue weighted by Crippen LogP contribution is -2.41. The lowest BCUT2D eigenvalue weighted by atomic mass is 9.72. The summed E-state index contributed by atoms with van der Waals surface area (Å²) in [7, 11) is -0.283. The van der Waals surface area contributed by atoms with Crippen molar-refractivity contribution < 1.29 is 14.1 Å². The zero-order valence-corrected chi connectivity index (χ0v) is 13.3.